The largest absolute Gasteiger partial charge is 0.343 e. The third-order valence-corrected chi connectivity index (χ3v) is 3.74. The minimum Gasteiger partial charge on any atom is -0.343 e. The highest BCUT2D eigenvalue weighted by Gasteiger charge is 2.62. The number of ketones is 1. The fraction of sp³-hybridized carbons (Fsp3) is 0.500. The summed E-state index contributed by atoms with van der Waals surface area (Å²) >= 11 is 0. The van der Waals surface area contributed by atoms with Gasteiger partial charge in [-0.15, -0.1) is 6.58 Å². The summed E-state index contributed by atoms with van der Waals surface area (Å²) in [7, 11) is 0. The number of nitrogens with one attached hydrogen (secondary N) is 1. The van der Waals surface area contributed by atoms with Gasteiger partial charge in [0.25, 0.3) is 0 Å². The lowest BCUT2D eigenvalue weighted by atomic mass is 9.94. The molecule has 1 saturated carbocycles. The van der Waals surface area contributed by atoms with E-state index < -0.39 is 28.9 Å². The molecule has 2 heterocycles. The molecule has 0 aromatic carbocycles. The van der Waals surface area contributed by atoms with Crippen molar-refractivity contribution in [3.63, 3.8) is 0 Å². The van der Waals surface area contributed by atoms with Crippen LogP contribution < -0.4 is 17.1 Å². The lowest BCUT2D eigenvalue weighted by molar-refractivity contribution is -0.120. The Morgan fingerprint density at radius 2 is 2.10 bits per heavy atom. The van der Waals surface area contributed by atoms with Crippen LogP contribution in [0, 0.1) is 0 Å². The van der Waals surface area contributed by atoms with Crippen molar-refractivity contribution in [2.45, 2.75) is 37.6 Å². The van der Waals surface area contributed by atoms with Crippen molar-refractivity contribution >= 4 is 5.78 Å². The smallest absolute Gasteiger partial charge is 0.339 e. The van der Waals surface area contributed by atoms with Gasteiger partial charge < -0.3 is 4.74 Å². The number of hydrogen-bond acceptors (Lipinski definition) is 5. The number of nitrogens with zero attached hydrogens (tertiary/aromatic N) is 2. The Labute approximate surface area is 112 Å². The lowest BCUT2D eigenvalue weighted by Crippen LogP contribution is -2.54. The SMILES string of the molecule is C=CCn1c(=O)[nH]c(=O)n(C23CCC(=O)CC2O3)c1=O. The average molecular weight is 279 g/mol. The molecule has 0 radical (unpaired) electrons. The number of ether oxygens (including phenoxy) is 1. The van der Waals surface area contributed by atoms with Gasteiger partial charge in [0.2, 0.25) is 0 Å². The number of allylic oxidation sites excluding steroid dienone is 1. The van der Waals surface area contributed by atoms with Crippen LogP contribution in [0.1, 0.15) is 19.3 Å². The number of carbonyl (C=O) groups is 1. The van der Waals surface area contributed by atoms with E-state index >= 15 is 0 Å². The highest BCUT2D eigenvalue weighted by atomic mass is 16.6. The molecule has 8 heteroatoms. The number of rotatable bonds is 3. The monoisotopic (exact) mass is 279 g/mol. The molecule has 0 spiro atoms. The van der Waals surface area contributed by atoms with E-state index in [1.807, 2.05) is 0 Å². The van der Waals surface area contributed by atoms with E-state index in [1.165, 1.54) is 6.08 Å². The summed E-state index contributed by atoms with van der Waals surface area (Å²) in [5.74, 6) is 0.0482. The van der Waals surface area contributed by atoms with Gasteiger partial charge in [-0.3, -0.25) is 9.78 Å². The molecule has 2 aliphatic rings. The third kappa shape index (κ3) is 1.64. The number of Topliss-reactive ketones (excluding diaryl/α,β-unsaturated/α-hetero) is 1. The van der Waals surface area contributed by atoms with Crippen molar-refractivity contribution < 1.29 is 9.53 Å². The first-order chi connectivity index (χ1) is 9.49. The van der Waals surface area contributed by atoms with Gasteiger partial charge in [0.05, 0.1) is 6.54 Å². The average Bonchev–Trinajstić information content (AvgIpc) is 3.08. The van der Waals surface area contributed by atoms with Gasteiger partial charge in [0, 0.05) is 19.3 Å². The summed E-state index contributed by atoms with van der Waals surface area (Å²) in [4.78, 5) is 49.3. The normalized spacial score (nSPS) is 28.0. The number of fused-ring (bicyclic) bond motifs is 1. The first-order valence-corrected chi connectivity index (χ1v) is 6.26. The maximum Gasteiger partial charge on any atom is 0.339 e. The lowest BCUT2D eigenvalue weighted by Gasteiger charge is -2.18. The number of hydrogen-bond donors (Lipinski definition) is 1. The van der Waals surface area contributed by atoms with Crippen LogP contribution in [0.5, 0.6) is 0 Å². The molecule has 3 rings (SSSR count). The molecule has 1 aliphatic carbocycles. The Morgan fingerprint density at radius 1 is 1.35 bits per heavy atom. The Kier molecular flexibility index (Phi) is 2.65. The number of aromatic amines is 1. The molecule has 0 bridgehead atoms. The Morgan fingerprint density at radius 3 is 2.75 bits per heavy atom. The quantitative estimate of drug-likeness (QED) is 0.546. The molecule has 8 nitrogen and oxygen atoms in total. The summed E-state index contributed by atoms with van der Waals surface area (Å²) in [5.41, 5.74) is -3.40. The van der Waals surface area contributed by atoms with Gasteiger partial charge in [0.1, 0.15) is 11.9 Å². The maximum absolute atomic E-state index is 12.3. The Bertz CT molecular complexity index is 771. The fourth-order valence-electron chi connectivity index (χ4n) is 2.70. The molecule has 1 aromatic rings. The predicted octanol–water partition coefficient (Wildman–Crippen LogP) is -1.31. The molecular formula is C12H13N3O5. The van der Waals surface area contributed by atoms with Gasteiger partial charge >= 0.3 is 17.1 Å². The number of H-pyrrole nitrogens is 1. The topological polar surface area (TPSA) is 106 Å². The first-order valence-electron chi connectivity index (χ1n) is 6.26. The summed E-state index contributed by atoms with van der Waals surface area (Å²) < 4.78 is 7.22. The highest BCUT2D eigenvalue weighted by molar-refractivity contribution is 5.80. The van der Waals surface area contributed by atoms with Crippen molar-refractivity contribution in [3.05, 3.63) is 44.1 Å². The summed E-state index contributed by atoms with van der Waals surface area (Å²) in [6.45, 7) is 3.46. The number of aromatic nitrogens is 3. The molecule has 2 fully saturated rings. The summed E-state index contributed by atoms with van der Waals surface area (Å²) in [6.07, 6.45) is 1.64. The zero-order chi connectivity index (χ0) is 14.5. The Balaban J connectivity index is 2.17. The number of epoxide rings is 1. The molecule has 1 saturated heterocycles. The zero-order valence-electron chi connectivity index (χ0n) is 10.6. The van der Waals surface area contributed by atoms with Gasteiger partial charge in [-0.25, -0.2) is 23.5 Å². The first kappa shape index (κ1) is 12.8. The van der Waals surface area contributed by atoms with Gasteiger partial charge in [-0.2, -0.15) is 0 Å². The van der Waals surface area contributed by atoms with Crippen LogP contribution in [0.4, 0.5) is 0 Å². The zero-order valence-corrected chi connectivity index (χ0v) is 10.6. The van der Waals surface area contributed by atoms with Gasteiger partial charge in [-0.05, 0) is 0 Å². The van der Waals surface area contributed by atoms with E-state index in [0.717, 1.165) is 9.13 Å². The molecule has 106 valence electrons. The molecule has 20 heavy (non-hydrogen) atoms. The van der Waals surface area contributed by atoms with E-state index in [0.29, 0.717) is 0 Å². The molecule has 2 unspecified atom stereocenters. The molecule has 1 aromatic heterocycles. The van der Waals surface area contributed by atoms with Crippen LogP contribution in [0.25, 0.3) is 0 Å². The summed E-state index contributed by atoms with van der Waals surface area (Å²) in [6, 6.07) is 0. The van der Waals surface area contributed by atoms with Crippen LogP contribution in [0.15, 0.2) is 27.0 Å². The second-order valence-corrected chi connectivity index (χ2v) is 4.95. The van der Waals surface area contributed by atoms with E-state index in [-0.39, 0.29) is 31.6 Å². The van der Waals surface area contributed by atoms with E-state index in [2.05, 4.69) is 11.6 Å². The molecule has 0 amide bonds. The van der Waals surface area contributed by atoms with E-state index in [4.69, 9.17) is 4.74 Å². The van der Waals surface area contributed by atoms with Gasteiger partial charge in [-0.1, -0.05) is 6.08 Å². The van der Waals surface area contributed by atoms with Crippen molar-refractivity contribution in [3.8, 4) is 0 Å². The second-order valence-electron chi connectivity index (χ2n) is 4.95. The molecule has 1 aliphatic heterocycles. The van der Waals surface area contributed by atoms with Crippen molar-refractivity contribution in [2.24, 2.45) is 0 Å². The minimum atomic E-state index is -1.07. The second kappa shape index (κ2) is 4.14. The van der Waals surface area contributed by atoms with Crippen LogP contribution in [-0.2, 0) is 21.8 Å². The molecule has 2 atom stereocenters. The van der Waals surface area contributed by atoms with Crippen LogP contribution >= 0.6 is 0 Å². The van der Waals surface area contributed by atoms with Crippen LogP contribution in [0.2, 0.25) is 0 Å². The maximum atomic E-state index is 12.3. The van der Waals surface area contributed by atoms with Crippen molar-refractivity contribution in [1.29, 1.82) is 0 Å². The minimum absolute atomic E-state index is 0.00583. The van der Waals surface area contributed by atoms with E-state index in [1.54, 1.807) is 0 Å². The molecule has 1 N–H and O–H groups in total. The Hall–Kier alpha value is -2.22. The summed E-state index contributed by atoms with van der Waals surface area (Å²) in [5, 5.41) is 0. The molecular weight excluding hydrogens is 266 g/mol. The van der Waals surface area contributed by atoms with Crippen molar-refractivity contribution in [1.82, 2.24) is 14.1 Å². The van der Waals surface area contributed by atoms with Crippen molar-refractivity contribution in [2.75, 3.05) is 0 Å². The van der Waals surface area contributed by atoms with Crippen LogP contribution in [-0.4, -0.2) is 26.0 Å². The highest BCUT2D eigenvalue weighted by Crippen LogP contribution is 2.49. The number of carbonyl (C=O) groups excluding carboxylic acids is 1. The third-order valence-electron chi connectivity index (χ3n) is 3.74. The van der Waals surface area contributed by atoms with Crippen LogP contribution in [0.3, 0.4) is 0 Å². The fourth-order valence-corrected chi connectivity index (χ4v) is 2.70. The predicted molar refractivity (Wildman–Crippen MR) is 67.5 cm³/mol. The standard InChI is InChI=1S/C12H13N3O5/c1-2-5-14-9(17)13-10(18)15(11(14)19)12-4-3-7(16)6-8(12)20-12/h2,8H,1,3-6H2,(H,13,17,18). The van der Waals surface area contributed by atoms with E-state index in [9.17, 15) is 19.2 Å². The van der Waals surface area contributed by atoms with Gasteiger partial charge in [0.15, 0.2) is 5.72 Å².